The van der Waals surface area contributed by atoms with Gasteiger partial charge in [-0.25, -0.2) is 9.37 Å². The number of rotatable bonds is 6. The summed E-state index contributed by atoms with van der Waals surface area (Å²) < 4.78 is 21.2. The fourth-order valence-electron chi connectivity index (χ4n) is 5.23. The van der Waals surface area contributed by atoms with Gasteiger partial charge in [-0.15, -0.1) is 0 Å². The number of carbonyl (C=O) groups is 1. The van der Waals surface area contributed by atoms with Crippen LogP contribution in [0, 0.1) is 5.82 Å². The number of fused-ring (bicyclic) bond motifs is 4. The molecule has 190 valence electrons. The van der Waals surface area contributed by atoms with Crippen LogP contribution in [0.5, 0.6) is 0 Å². The minimum atomic E-state index is -0.512. The summed E-state index contributed by atoms with van der Waals surface area (Å²) in [5.41, 5.74) is 12.7. The van der Waals surface area contributed by atoms with E-state index in [1.54, 1.807) is 24.7 Å². The number of halogens is 1. The molecule has 0 bridgehead atoms. The Hall–Kier alpha value is -5.37. The molecule has 7 aromatic rings. The lowest BCUT2D eigenvalue weighted by molar-refractivity contribution is 0.100. The van der Waals surface area contributed by atoms with E-state index in [1.165, 1.54) is 12.1 Å². The van der Waals surface area contributed by atoms with Crippen LogP contribution in [0.2, 0.25) is 0 Å². The predicted molar refractivity (Wildman–Crippen MR) is 150 cm³/mol. The van der Waals surface area contributed by atoms with Gasteiger partial charge in [0, 0.05) is 39.8 Å². The van der Waals surface area contributed by atoms with Gasteiger partial charge in [0.25, 0.3) is 5.91 Å². The van der Waals surface area contributed by atoms with Crippen LogP contribution in [0.25, 0.3) is 49.9 Å². The van der Waals surface area contributed by atoms with Crippen molar-refractivity contribution in [1.29, 1.82) is 0 Å². The Kier molecular flexibility index (Phi) is 5.19. The van der Waals surface area contributed by atoms with E-state index in [0.717, 1.165) is 38.6 Å². The molecule has 39 heavy (non-hydrogen) atoms. The van der Waals surface area contributed by atoms with Crippen LogP contribution < -0.4 is 11.1 Å². The topological polar surface area (TPSA) is 102 Å². The highest BCUT2D eigenvalue weighted by molar-refractivity contribution is 6.15. The van der Waals surface area contributed by atoms with E-state index in [-0.39, 0.29) is 5.82 Å². The molecule has 4 aromatic carbocycles. The van der Waals surface area contributed by atoms with Gasteiger partial charge in [0.15, 0.2) is 0 Å². The van der Waals surface area contributed by atoms with Crippen molar-refractivity contribution in [2.45, 2.75) is 6.54 Å². The maximum Gasteiger partial charge on any atom is 0.250 e. The average molecular weight is 516 g/mol. The number of nitrogens with one attached hydrogen (secondary N) is 2. The minimum absolute atomic E-state index is 0.316. The molecule has 0 atom stereocenters. The fourth-order valence-corrected chi connectivity index (χ4v) is 5.23. The highest BCUT2D eigenvalue weighted by Crippen LogP contribution is 2.38. The van der Waals surface area contributed by atoms with Gasteiger partial charge in [-0.05, 0) is 54.6 Å². The van der Waals surface area contributed by atoms with Gasteiger partial charge in [0.05, 0.1) is 40.2 Å². The second-order valence-electron chi connectivity index (χ2n) is 9.38. The molecule has 3 heterocycles. The fraction of sp³-hybridized carbons (Fsp3) is 0.0323. The first kappa shape index (κ1) is 22.8. The molecule has 0 spiro atoms. The third-order valence-electron chi connectivity index (χ3n) is 6.99. The lowest BCUT2D eigenvalue weighted by atomic mass is 10.1. The van der Waals surface area contributed by atoms with Crippen LogP contribution in [-0.4, -0.2) is 20.4 Å². The molecule has 0 fully saturated rings. The highest BCUT2D eigenvalue weighted by atomic mass is 19.1. The zero-order valence-electron chi connectivity index (χ0n) is 20.6. The molecule has 0 unspecified atom stereocenters. The number of nitrogens with zero attached hydrogens (tertiary/aromatic N) is 2. The molecule has 0 aliphatic heterocycles. The predicted octanol–water partition coefficient (Wildman–Crippen LogP) is 6.77. The standard InChI is InChI=1S/C31H22FN5O2/c32-19-8-11-24-26(14-19)36-31(35-24)23-5-3-7-28-29(23)22-4-1-2-6-27(22)37(28)20-9-10-21(30(33)38)25(15-20)34-16-18-12-13-39-17-18/h1-15,17,34H,16H2,(H2,33,38)(H,35,36). The molecule has 4 N–H and O–H groups in total. The number of aromatic amines is 1. The Morgan fingerprint density at radius 3 is 2.72 bits per heavy atom. The Bertz CT molecular complexity index is 2020. The summed E-state index contributed by atoms with van der Waals surface area (Å²) in [6, 6.07) is 26.2. The zero-order valence-corrected chi connectivity index (χ0v) is 20.6. The van der Waals surface area contributed by atoms with Crippen LogP contribution in [0.15, 0.2) is 102 Å². The molecule has 1 amide bonds. The first-order chi connectivity index (χ1) is 19.1. The molecule has 0 saturated carbocycles. The Balaban J connectivity index is 1.43. The molecule has 7 nitrogen and oxygen atoms in total. The van der Waals surface area contributed by atoms with E-state index < -0.39 is 5.91 Å². The van der Waals surface area contributed by atoms with E-state index in [9.17, 15) is 9.18 Å². The van der Waals surface area contributed by atoms with Gasteiger partial charge in [0.1, 0.15) is 11.6 Å². The van der Waals surface area contributed by atoms with Crippen molar-refractivity contribution in [3.63, 3.8) is 0 Å². The van der Waals surface area contributed by atoms with Crippen molar-refractivity contribution in [3.05, 3.63) is 114 Å². The SMILES string of the molecule is NC(=O)c1ccc(-n2c3ccccc3c3c(-c4nc5ccc(F)cc5[nH]4)cccc32)cc1NCc1ccoc1. The lowest BCUT2D eigenvalue weighted by Crippen LogP contribution is -2.15. The number of hydrogen-bond donors (Lipinski definition) is 3. The maximum atomic E-state index is 13.9. The number of primary amides is 1. The summed E-state index contributed by atoms with van der Waals surface area (Å²) in [7, 11) is 0. The van der Waals surface area contributed by atoms with E-state index in [1.807, 2.05) is 42.5 Å². The van der Waals surface area contributed by atoms with E-state index in [4.69, 9.17) is 15.1 Å². The molecule has 0 radical (unpaired) electrons. The normalized spacial score (nSPS) is 11.5. The van der Waals surface area contributed by atoms with Gasteiger partial charge in [-0.1, -0.05) is 30.3 Å². The van der Waals surface area contributed by atoms with Gasteiger partial charge < -0.3 is 25.0 Å². The second kappa shape index (κ2) is 8.88. The number of imidazole rings is 1. The van der Waals surface area contributed by atoms with Gasteiger partial charge in [-0.2, -0.15) is 0 Å². The van der Waals surface area contributed by atoms with E-state index in [2.05, 4.69) is 33.1 Å². The number of furan rings is 1. The largest absolute Gasteiger partial charge is 0.472 e. The number of aromatic nitrogens is 3. The van der Waals surface area contributed by atoms with Crippen LogP contribution in [0.3, 0.4) is 0 Å². The van der Waals surface area contributed by atoms with Crippen molar-refractivity contribution in [1.82, 2.24) is 14.5 Å². The van der Waals surface area contributed by atoms with Crippen molar-refractivity contribution < 1.29 is 13.6 Å². The number of H-pyrrole nitrogens is 1. The average Bonchev–Trinajstić information content (AvgIpc) is 3.68. The highest BCUT2D eigenvalue weighted by Gasteiger charge is 2.19. The molecule has 8 heteroatoms. The third-order valence-corrected chi connectivity index (χ3v) is 6.99. The lowest BCUT2D eigenvalue weighted by Gasteiger charge is -2.14. The first-order valence-corrected chi connectivity index (χ1v) is 12.4. The van der Waals surface area contributed by atoms with Crippen molar-refractivity contribution in [2.24, 2.45) is 5.73 Å². The zero-order chi connectivity index (χ0) is 26.5. The van der Waals surface area contributed by atoms with Gasteiger partial charge in [0.2, 0.25) is 0 Å². The quantitative estimate of drug-likeness (QED) is 0.227. The first-order valence-electron chi connectivity index (χ1n) is 12.4. The molecular formula is C31H22FN5O2. The summed E-state index contributed by atoms with van der Waals surface area (Å²) >= 11 is 0. The molecule has 0 saturated heterocycles. The smallest absolute Gasteiger partial charge is 0.250 e. The summed E-state index contributed by atoms with van der Waals surface area (Å²) in [6.07, 6.45) is 3.26. The van der Waals surface area contributed by atoms with Crippen molar-refractivity contribution >= 4 is 44.4 Å². The molecule has 3 aromatic heterocycles. The summed E-state index contributed by atoms with van der Waals surface area (Å²) in [4.78, 5) is 20.3. The number of amides is 1. The third kappa shape index (κ3) is 3.81. The second-order valence-corrected chi connectivity index (χ2v) is 9.38. The van der Waals surface area contributed by atoms with Gasteiger partial charge >= 0.3 is 0 Å². The van der Waals surface area contributed by atoms with Crippen LogP contribution >= 0.6 is 0 Å². The minimum Gasteiger partial charge on any atom is -0.472 e. The molecule has 0 aliphatic rings. The van der Waals surface area contributed by atoms with Crippen LogP contribution in [0.1, 0.15) is 15.9 Å². The Labute approximate surface area is 221 Å². The number of carbonyl (C=O) groups excluding carboxylic acids is 1. The van der Waals surface area contributed by atoms with Crippen LogP contribution in [0.4, 0.5) is 10.1 Å². The number of para-hydroxylation sites is 1. The van der Waals surface area contributed by atoms with Crippen LogP contribution in [-0.2, 0) is 6.54 Å². The Morgan fingerprint density at radius 1 is 1.00 bits per heavy atom. The number of anilines is 1. The van der Waals surface area contributed by atoms with Gasteiger partial charge in [-0.3, -0.25) is 4.79 Å². The number of nitrogens with two attached hydrogens (primary N) is 1. The number of hydrogen-bond acceptors (Lipinski definition) is 4. The monoisotopic (exact) mass is 515 g/mol. The van der Waals surface area contributed by atoms with Crippen molar-refractivity contribution in [2.75, 3.05) is 5.32 Å². The molecule has 7 rings (SSSR count). The van der Waals surface area contributed by atoms with Crippen molar-refractivity contribution in [3.8, 4) is 17.1 Å². The summed E-state index contributed by atoms with van der Waals surface area (Å²) in [5, 5.41) is 5.39. The van der Waals surface area contributed by atoms with E-state index >= 15 is 0 Å². The number of benzene rings is 4. The maximum absolute atomic E-state index is 13.9. The molecule has 0 aliphatic carbocycles. The Morgan fingerprint density at radius 2 is 1.87 bits per heavy atom. The molecular weight excluding hydrogens is 493 g/mol. The summed E-state index contributed by atoms with van der Waals surface area (Å²) in [5.74, 6) is -0.165. The van der Waals surface area contributed by atoms with E-state index in [0.29, 0.717) is 34.7 Å². The summed E-state index contributed by atoms with van der Waals surface area (Å²) in [6.45, 7) is 0.476.